The number of amides is 1. The molecule has 0 bridgehead atoms. The number of thiophene rings is 1. The minimum atomic E-state index is -0.463. The van der Waals surface area contributed by atoms with Gasteiger partial charge in [-0.3, -0.25) is 14.2 Å². The Bertz CT molecular complexity index is 1120. The Hall–Kier alpha value is -2.72. The molecule has 1 aromatic carbocycles. The lowest BCUT2D eigenvalue weighted by Gasteiger charge is -2.06. The van der Waals surface area contributed by atoms with Crippen molar-refractivity contribution in [1.29, 1.82) is 0 Å². The van der Waals surface area contributed by atoms with Gasteiger partial charge in [0.2, 0.25) is 0 Å². The number of benzene rings is 1. The molecule has 0 atom stereocenters. The molecule has 28 heavy (non-hydrogen) atoms. The van der Waals surface area contributed by atoms with Crippen molar-refractivity contribution in [3.63, 3.8) is 0 Å². The number of halogens is 1. The fraction of sp³-hybridized carbons (Fsp3) is 0.222. The van der Waals surface area contributed by atoms with E-state index >= 15 is 0 Å². The molecule has 3 rings (SSSR count). The van der Waals surface area contributed by atoms with Gasteiger partial charge in [-0.15, -0.1) is 11.3 Å². The maximum atomic E-state index is 12.5. The zero-order chi connectivity index (χ0) is 20.3. The zero-order valence-corrected chi connectivity index (χ0v) is 17.5. The molecule has 2 heterocycles. The topological polar surface area (TPSA) is 106 Å². The van der Waals surface area contributed by atoms with Gasteiger partial charge in [-0.05, 0) is 46.1 Å². The zero-order valence-electron chi connectivity index (χ0n) is 15.1. The molecule has 8 nitrogen and oxygen atoms in total. The van der Waals surface area contributed by atoms with E-state index in [1.165, 1.54) is 35.6 Å². The third kappa shape index (κ3) is 4.23. The minimum Gasteiger partial charge on any atom is -0.503 e. The number of hydrazone groups is 1. The third-order valence-corrected chi connectivity index (χ3v) is 5.70. The largest absolute Gasteiger partial charge is 0.503 e. The van der Waals surface area contributed by atoms with Crippen LogP contribution in [-0.2, 0) is 17.8 Å². The number of phenolic OH excluding ortho intramolecular Hbond substituents is 1. The van der Waals surface area contributed by atoms with Crippen LogP contribution in [0.1, 0.15) is 17.4 Å². The van der Waals surface area contributed by atoms with E-state index in [1.54, 1.807) is 12.1 Å². The van der Waals surface area contributed by atoms with E-state index in [2.05, 4.69) is 31.4 Å². The predicted octanol–water partition coefficient (Wildman–Crippen LogP) is 2.65. The number of hydrogen-bond donors (Lipinski definition) is 2. The van der Waals surface area contributed by atoms with Crippen molar-refractivity contribution in [2.75, 3.05) is 7.11 Å². The lowest BCUT2D eigenvalue weighted by molar-refractivity contribution is -0.121. The number of aromatic hydroxyl groups is 1. The Morgan fingerprint density at radius 2 is 2.25 bits per heavy atom. The van der Waals surface area contributed by atoms with E-state index in [0.717, 1.165) is 11.3 Å². The number of ether oxygens (including phenoxy) is 1. The third-order valence-electron chi connectivity index (χ3n) is 3.91. The number of phenols is 1. The summed E-state index contributed by atoms with van der Waals surface area (Å²) in [5.41, 5.74) is 2.72. The maximum absolute atomic E-state index is 12.5. The quantitative estimate of drug-likeness (QED) is 0.430. The normalized spacial score (nSPS) is 11.2. The monoisotopic (exact) mass is 464 g/mol. The summed E-state index contributed by atoms with van der Waals surface area (Å²) < 4.78 is 6.75. The standard InChI is InChI=1S/C18H17BrN4O4S/c1-3-11-6-12-17(28-11)20-9-23(18(12)26)8-15(24)22-21-7-10-4-13(19)16(25)14(5-10)27-2/h4-7,9,25H,3,8H2,1-2H3,(H,22,24)/b21-7+. The predicted molar refractivity (Wildman–Crippen MR) is 111 cm³/mol. The van der Waals surface area contributed by atoms with Crippen molar-refractivity contribution in [1.82, 2.24) is 15.0 Å². The number of aromatic nitrogens is 2. The first kappa shape index (κ1) is 20.0. The van der Waals surface area contributed by atoms with E-state index < -0.39 is 5.91 Å². The summed E-state index contributed by atoms with van der Waals surface area (Å²) in [4.78, 5) is 30.6. The van der Waals surface area contributed by atoms with E-state index in [4.69, 9.17) is 4.74 Å². The number of rotatable bonds is 6. The number of nitrogens with zero attached hydrogens (tertiary/aromatic N) is 3. The van der Waals surface area contributed by atoms with Crippen LogP contribution in [0.25, 0.3) is 10.2 Å². The highest BCUT2D eigenvalue weighted by molar-refractivity contribution is 9.10. The van der Waals surface area contributed by atoms with Crippen LogP contribution in [0.15, 0.2) is 38.9 Å². The van der Waals surface area contributed by atoms with E-state index in [-0.39, 0.29) is 23.6 Å². The Morgan fingerprint density at radius 3 is 2.96 bits per heavy atom. The second-order valence-electron chi connectivity index (χ2n) is 5.81. The van der Waals surface area contributed by atoms with Gasteiger partial charge in [0, 0.05) is 4.88 Å². The molecule has 0 saturated heterocycles. The highest BCUT2D eigenvalue weighted by Gasteiger charge is 2.11. The summed E-state index contributed by atoms with van der Waals surface area (Å²) in [6.07, 6.45) is 3.60. The number of carbonyl (C=O) groups excluding carboxylic acids is 1. The molecule has 0 fully saturated rings. The Morgan fingerprint density at radius 1 is 1.46 bits per heavy atom. The second-order valence-corrected chi connectivity index (χ2v) is 7.78. The first-order chi connectivity index (χ1) is 13.4. The summed E-state index contributed by atoms with van der Waals surface area (Å²) >= 11 is 4.69. The molecule has 2 aromatic heterocycles. The van der Waals surface area contributed by atoms with Crippen LogP contribution < -0.4 is 15.7 Å². The second kappa shape index (κ2) is 8.53. The van der Waals surface area contributed by atoms with Crippen molar-refractivity contribution in [3.05, 3.63) is 49.8 Å². The Labute approximate surface area is 172 Å². The highest BCUT2D eigenvalue weighted by atomic mass is 79.9. The van der Waals surface area contributed by atoms with Crippen molar-refractivity contribution in [2.24, 2.45) is 5.10 Å². The van der Waals surface area contributed by atoms with Gasteiger partial charge in [-0.1, -0.05) is 6.92 Å². The number of carbonyl (C=O) groups is 1. The molecule has 0 aliphatic rings. The molecular weight excluding hydrogens is 448 g/mol. The highest BCUT2D eigenvalue weighted by Crippen LogP contribution is 2.34. The van der Waals surface area contributed by atoms with Gasteiger partial charge < -0.3 is 9.84 Å². The van der Waals surface area contributed by atoms with Crippen LogP contribution in [0.5, 0.6) is 11.5 Å². The molecule has 0 spiro atoms. The van der Waals surface area contributed by atoms with Crippen LogP contribution in [0.2, 0.25) is 0 Å². The molecule has 146 valence electrons. The van der Waals surface area contributed by atoms with Crippen LogP contribution in [-0.4, -0.2) is 33.9 Å². The number of fused-ring (bicyclic) bond motifs is 1. The van der Waals surface area contributed by atoms with Crippen LogP contribution in [0.3, 0.4) is 0 Å². The van der Waals surface area contributed by atoms with E-state index in [0.29, 0.717) is 20.3 Å². The van der Waals surface area contributed by atoms with Gasteiger partial charge in [0.1, 0.15) is 11.4 Å². The average Bonchev–Trinajstić information content (AvgIpc) is 3.11. The SMILES string of the molecule is CCc1cc2c(=O)n(CC(=O)N/N=C/c3cc(Br)c(O)c(OC)c3)cnc2s1. The number of methoxy groups -OCH3 is 1. The summed E-state index contributed by atoms with van der Waals surface area (Å²) in [6, 6.07) is 5.01. The minimum absolute atomic E-state index is 0.0226. The van der Waals surface area contributed by atoms with Gasteiger partial charge in [0.25, 0.3) is 11.5 Å². The Balaban J connectivity index is 1.70. The lowest BCUT2D eigenvalue weighted by atomic mass is 10.2. The molecule has 0 saturated carbocycles. The first-order valence-electron chi connectivity index (χ1n) is 8.29. The summed E-state index contributed by atoms with van der Waals surface area (Å²) in [6.45, 7) is 1.82. The van der Waals surface area contributed by atoms with E-state index in [1.807, 2.05) is 13.0 Å². The lowest BCUT2D eigenvalue weighted by Crippen LogP contribution is -2.29. The van der Waals surface area contributed by atoms with Crippen molar-refractivity contribution in [3.8, 4) is 11.5 Å². The van der Waals surface area contributed by atoms with Gasteiger partial charge in [-0.2, -0.15) is 5.10 Å². The molecule has 10 heteroatoms. The molecule has 0 radical (unpaired) electrons. The van der Waals surface area contributed by atoms with Crippen molar-refractivity contribution < 1.29 is 14.6 Å². The fourth-order valence-electron chi connectivity index (χ4n) is 2.49. The maximum Gasteiger partial charge on any atom is 0.262 e. The number of aryl methyl sites for hydroxylation is 1. The molecule has 3 aromatic rings. The van der Waals surface area contributed by atoms with Gasteiger partial charge in [0.05, 0.1) is 29.5 Å². The molecule has 2 N–H and O–H groups in total. The van der Waals surface area contributed by atoms with E-state index in [9.17, 15) is 14.7 Å². The molecule has 0 aliphatic heterocycles. The fourth-order valence-corrected chi connectivity index (χ4v) is 3.87. The average molecular weight is 465 g/mol. The Kier molecular flexibility index (Phi) is 6.10. The summed E-state index contributed by atoms with van der Waals surface area (Å²) in [5.74, 6) is -0.212. The molecule has 0 unspecified atom stereocenters. The van der Waals surface area contributed by atoms with Crippen molar-refractivity contribution in [2.45, 2.75) is 19.9 Å². The van der Waals surface area contributed by atoms with Gasteiger partial charge in [0.15, 0.2) is 11.5 Å². The summed E-state index contributed by atoms with van der Waals surface area (Å²) in [7, 11) is 1.43. The van der Waals surface area contributed by atoms with Gasteiger partial charge >= 0.3 is 0 Å². The van der Waals surface area contributed by atoms with Crippen LogP contribution in [0, 0.1) is 0 Å². The van der Waals surface area contributed by atoms with Crippen LogP contribution >= 0.6 is 27.3 Å². The van der Waals surface area contributed by atoms with Gasteiger partial charge in [-0.25, -0.2) is 10.4 Å². The number of hydrogen-bond acceptors (Lipinski definition) is 7. The number of nitrogens with one attached hydrogen (secondary N) is 1. The summed E-state index contributed by atoms with van der Waals surface area (Å²) in [5, 5.41) is 14.2. The molecular formula is C18H17BrN4O4S. The first-order valence-corrected chi connectivity index (χ1v) is 9.90. The molecule has 1 amide bonds. The molecule has 0 aliphatic carbocycles. The van der Waals surface area contributed by atoms with Crippen molar-refractivity contribution >= 4 is 49.6 Å². The smallest absolute Gasteiger partial charge is 0.262 e. The van der Waals surface area contributed by atoms with Crippen LogP contribution in [0.4, 0.5) is 0 Å².